The van der Waals surface area contributed by atoms with E-state index in [9.17, 15) is 4.79 Å². The molecule has 3 aromatic rings. The van der Waals surface area contributed by atoms with Crippen molar-refractivity contribution in [2.45, 2.75) is 13.5 Å². The van der Waals surface area contributed by atoms with Crippen LogP contribution >= 0.6 is 0 Å². The smallest absolute Gasteiger partial charge is 0.271 e. The van der Waals surface area contributed by atoms with Gasteiger partial charge < -0.3 is 18.9 Å². The summed E-state index contributed by atoms with van der Waals surface area (Å²) in [5.41, 5.74) is 4.71. The second-order valence-corrected chi connectivity index (χ2v) is 7.08. The van der Waals surface area contributed by atoms with E-state index in [1.54, 1.807) is 43.5 Å². The number of rotatable bonds is 12. The molecule has 3 aromatic carbocycles. The maximum Gasteiger partial charge on any atom is 0.271 e. The molecule has 0 bridgehead atoms. The minimum atomic E-state index is -0.371. The summed E-state index contributed by atoms with van der Waals surface area (Å²) in [7, 11) is 1.56. The number of nitrogens with one attached hydrogen (secondary N) is 1. The fourth-order valence-corrected chi connectivity index (χ4v) is 3.03. The van der Waals surface area contributed by atoms with Crippen molar-refractivity contribution in [2.75, 3.05) is 20.3 Å². The van der Waals surface area contributed by atoms with Crippen LogP contribution in [0.15, 0.2) is 84.5 Å². The quantitative estimate of drug-likeness (QED) is 0.234. The van der Waals surface area contributed by atoms with Gasteiger partial charge in [0, 0.05) is 5.56 Å². The van der Waals surface area contributed by atoms with E-state index >= 15 is 0 Å². The van der Waals surface area contributed by atoms with Crippen LogP contribution in [0.2, 0.25) is 0 Å². The Morgan fingerprint density at radius 3 is 2.44 bits per heavy atom. The van der Waals surface area contributed by atoms with E-state index in [1.165, 1.54) is 6.21 Å². The lowest BCUT2D eigenvalue weighted by Gasteiger charge is -2.13. The number of amides is 1. The van der Waals surface area contributed by atoms with Crippen molar-refractivity contribution in [3.63, 3.8) is 0 Å². The number of nitrogens with zero attached hydrogens (tertiary/aromatic N) is 1. The average molecular weight is 461 g/mol. The Bertz CT molecular complexity index is 1130. The molecule has 7 heteroatoms. The fraction of sp³-hybridized carbons (Fsp3) is 0.185. The lowest BCUT2D eigenvalue weighted by molar-refractivity contribution is 0.0954. The molecule has 0 fully saturated rings. The first-order chi connectivity index (χ1) is 16.6. The van der Waals surface area contributed by atoms with Crippen LogP contribution in [0.25, 0.3) is 0 Å². The number of ether oxygens (including phenoxy) is 4. The fourth-order valence-electron chi connectivity index (χ4n) is 3.03. The number of benzene rings is 3. The number of hydrogen-bond acceptors (Lipinski definition) is 6. The van der Waals surface area contributed by atoms with E-state index in [4.69, 9.17) is 18.9 Å². The molecule has 0 atom stereocenters. The monoisotopic (exact) mass is 460 g/mol. The predicted octanol–water partition coefficient (Wildman–Crippen LogP) is 5.00. The van der Waals surface area contributed by atoms with Gasteiger partial charge in [0.25, 0.3) is 5.91 Å². The Hall–Kier alpha value is -4.26. The summed E-state index contributed by atoms with van der Waals surface area (Å²) < 4.78 is 22.4. The van der Waals surface area contributed by atoms with E-state index in [0.717, 1.165) is 11.1 Å². The summed E-state index contributed by atoms with van der Waals surface area (Å²) in [4.78, 5) is 12.6. The first-order valence-corrected chi connectivity index (χ1v) is 10.8. The topological polar surface area (TPSA) is 78.4 Å². The van der Waals surface area contributed by atoms with Crippen molar-refractivity contribution < 1.29 is 23.7 Å². The van der Waals surface area contributed by atoms with Gasteiger partial charge in [-0.1, -0.05) is 43.0 Å². The van der Waals surface area contributed by atoms with Crippen molar-refractivity contribution >= 4 is 12.1 Å². The highest BCUT2D eigenvalue weighted by Gasteiger charge is 2.12. The molecular formula is C27H28N2O5. The Labute approximate surface area is 199 Å². The van der Waals surface area contributed by atoms with Gasteiger partial charge in [0.15, 0.2) is 23.0 Å². The standard InChI is InChI=1S/C27H28N2O5/c1-4-15-33-23-13-11-21(16-25(23)31-3)18-28-29-27(30)22-12-14-24(26(17-22)32-5-2)34-19-20-9-7-6-8-10-20/h4,6-14,16-18H,1,5,15,19H2,2-3H3,(H,29,30)/b28-18+. The van der Waals surface area contributed by atoms with E-state index < -0.39 is 0 Å². The highest BCUT2D eigenvalue weighted by Crippen LogP contribution is 2.30. The summed E-state index contributed by atoms with van der Waals surface area (Å²) in [6, 6.07) is 20.2. The molecule has 1 N–H and O–H groups in total. The van der Waals surface area contributed by atoms with Gasteiger partial charge in [-0.25, -0.2) is 5.43 Å². The first kappa shape index (κ1) is 24.4. The van der Waals surface area contributed by atoms with Gasteiger partial charge in [0.2, 0.25) is 0 Å². The Kier molecular flexibility index (Phi) is 9.10. The van der Waals surface area contributed by atoms with Gasteiger partial charge in [0.05, 0.1) is 19.9 Å². The van der Waals surface area contributed by atoms with Crippen LogP contribution in [0.1, 0.15) is 28.4 Å². The molecular weight excluding hydrogens is 432 g/mol. The Balaban J connectivity index is 1.65. The second-order valence-electron chi connectivity index (χ2n) is 7.08. The van der Waals surface area contributed by atoms with E-state index in [1.807, 2.05) is 43.3 Å². The third-order valence-electron chi connectivity index (χ3n) is 4.67. The van der Waals surface area contributed by atoms with Crippen LogP contribution in [0.4, 0.5) is 0 Å². The van der Waals surface area contributed by atoms with Crippen LogP contribution in [0.3, 0.4) is 0 Å². The van der Waals surface area contributed by atoms with Crippen molar-refractivity contribution in [1.29, 1.82) is 0 Å². The lowest BCUT2D eigenvalue weighted by Crippen LogP contribution is -2.17. The van der Waals surface area contributed by atoms with Gasteiger partial charge in [-0.3, -0.25) is 4.79 Å². The van der Waals surface area contributed by atoms with Crippen molar-refractivity contribution in [3.05, 3.63) is 96.1 Å². The van der Waals surface area contributed by atoms with E-state index in [0.29, 0.717) is 48.4 Å². The molecule has 7 nitrogen and oxygen atoms in total. The van der Waals surface area contributed by atoms with Crippen molar-refractivity contribution in [2.24, 2.45) is 5.10 Å². The SMILES string of the molecule is C=CCOc1ccc(/C=N/NC(=O)c2ccc(OCc3ccccc3)c(OCC)c2)cc1OC. The van der Waals surface area contributed by atoms with Crippen molar-refractivity contribution in [1.82, 2.24) is 5.43 Å². The maximum absolute atomic E-state index is 12.6. The van der Waals surface area contributed by atoms with Crippen LogP contribution in [-0.4, -0.2) is 32.4 Å². The van der Waals surface area contributed by atoms with Gasteiger partial charge in [-0.05, 0) is 54.4 Å². The molecule has 3 rings (SSSR count). The van der Waals surface area contributed by atoms with Gasteiger partial charge in [0.1, 0.15) is 13.2 Å². The zero-order valence-corrected chi connectivity index (χ0v) is 19.3. The number of methoxy groups -OCH3 is 1. The van der Waals surface area contributed by atoms with Gasteiger partial charge >= 0.3 is 0 Å². The number of hydrazone groups is 1. The van der Waals surface area contributed by atoms with Gasteiger partial charge in [-0.2, -0.15) is 5.10 Å². The molecule has 34 heavy (non-hydrogen) atoms. The highest BCUT2D eigenvalue weighted by molar-refractivity contribution is 5.95. The number of hydrogen-bond donors (Lipinski definition) is 1. The molecule has 0 aromatic heterocycles. The molecule has 0 aliphatic carbocycles. The molecule has 176 valence electrons. The average Bonchev–Trinajstić information content (AvgIpc) is 2.87. The zero-order valence-electron chi connectivity index (χ0n) is 19.3. The summed E-state index contributed by atoms with van der Waals surface area (Å²) in [6.07, 6.45) is 3.18. The summed E-state index contributed by atoms with van der Waals surface area (Å²) in [5.74, 6) is 1.85. The minimum Gasteiger partial charge on any atom is -0.493 e. The zero-order chi connectivity index (χ0) is 24.2. The molecule has 0 aliphatic heterocycles. The molecule has 0 radical (unpaired) electrons. The largest absolute Gasteiger partial charge is 0.493 e. The first-order valence-electron chi connectivity index (χ1n) is 10.8. The second kappa shape index (κ2) is 12.7. The van der Waals surface area contributed by atoms with Gasteiger partial charge in [-0.15, -0.1) is 0 Å². The Morgan fingerprint density at radius 1 is 0.941 bits per heavy atom. The molecule has 0 saturated heterocycles. The molecule has 0 heterocycles. The summed E-state index contributed by atoms with van der Waals surface area (Å²) in [5, 5.41) is 4.05. The predicted molar refractivity (Wildman–Crippen MR) is 132 cm³/mol. The van der Waals surface area contributed by atoms with E-state index in [2.05, 4.69) is 17.1 Å². The third kappa shape index (κ3) is 6.87. The summed E-state index contributed by atoms with van der Waals surface area (Å²) >= 11 is 0. The Morgan fingerprint density at radius 2 is 1.71 bits per heavy atom. The normalized spacial score (nSPS) is 10.5. The molecule has 0 aliphatic rings. The lowest BCUT2D eigenvalue weighted by atomic mass is 10.2. The number of carbonyl (C=O) groups is 1. The molecule has 0 unspecified atom stereocenters. The molecule has 0 spiro atoms. The number of carbonyl (C=O) groups excluding carboxylic acids is 1. The van der Waals surface area contributed by atoms with Crippen LogP contribution in [0.5, 0.6) is 23.0 Å². The minimum absolute atomic E-state index is 0.371. The summed E-state index contributed by atoms with van der Waals surface area (Å²) in [6.45, 7) is 6.72. The van der Waals surface area contributed by atoms with Crippen LogP contribution in [0, 0.1) is 0 Å². The molecule has 1 amide bonds. The van der Waals surface area contributed by atoms with Crippen LogP contribution < -0.4 is 24.4 Å². The molecule has 0 saturated carbocycles. The maximum atomic E-state index is 12.6. The highest BCUT2D eigenvalue weighted by atomic mass is 16.5. The third-order valence-corrected chi connectivity index (χ3v) is 4.67. The van der Waals surface area contributed by atoms with Crippen molar-refractivity contribution in [3.8, 4) is 23.0 Å². The van der Waals surface area contributed by atoms with Crippen LogP contribution in [-0.2, 0) is 6.61 Å². The van der Waals surface area contributed by atoms with E-state index in [-0.39, 0.29) is 5.91 Å².